The van der Waals surface area contributed by atoms with Crippen LogP contribution in [0.1, 0.15) is 36.7 Å². The van der Waals surface area contributed by atoms with Crippen molar-refractivity contribution in [2.45, 2.75) is 63.6 Å². The highest BCUT2D eigenvalue weighted by Gasteiger charge is 2.56. The first-order chi connectivity index (χ1) is 16.4. The number of nitrogens with zero attached hydrogens (tertiary/aromatic N) is 2. The van der Waals surface area contributed by atoms with E-state index in [9.17, 15) is 29.6 Å². The number of hydrogen-bond acceptors (Lipinski definition) is 10. The molecule has 0 saturated carbocycles. The van der Waals surface area contributed by atoms with Crippen LogP contribution in [-0.4, -0.2) is 80.5 Å². The molecule has 2 heterocycles. The predicted molar refractivity (Wildman–Crippen MR) is 121 cm³/mol. The topological polar surface area (TPSA) is 153 Å². The van der Waals surface area contributed by atoms with E-state index in [1.54, 1.807) is 23.7 Å². The van der Waals surface area contributed by atoms with Gasteiger partial charge in [0.15, 0.2) is 6.10 Å². The van der Waals surface area contributed by atoms with Gasteiger partial charge in [0.2, 0.25) is 5.88 Å². The number of carbonyl (C=O) groups excluding carboxylic acids is 1. The first-order valence-corrected chi connectivity index (χ1v) is 11.5. The van der Waals surface area contributed by atoms with Gasteiger partial charge in [0.05, 0.1) is 11.6 Å². The van der Waals surface area contributed by atoms with Gasteiger partial charge in [-0.05, 0) is 54.4 Å². The normalized spacial score (nSPS) is 26.6. The number of carbonyl (C=O) groups is 1. The zero-order chi connectivity index (χ0) is 26.1. The summed E-state index contributed by atoms with van der Waals surface area (Å²) in [6, 6.07) is 4.47. The molecular weight excluding hydrogens is 535 g/mol. The van der Waals surface area contributed by atoms with Crippen LogP contribution in [0.5, 0.6) is 5.88 Å². The number of halogens is 2. The number of aliphatic hydroxyl groups is 4. The fraction of sp³-hybridized carbons (Fsp3) is 0.545. The molecule has 5 atom stereocenters. The number of ether oxygens (including phenoxy) is 4. The molecule has 3 rings (SSSR count). The minimum atomic E-state index is -2.87. The van der Waals surface area contributed by atoms with Gasteiger partial charge in [-0.25, -0.2) is 9.18 Å². The molecule has 0 aliphatic carbocycles. The fourth-order valence-electron chi connectivity index (χ4n) is 3.71. The van der Waals surface area contributed by atoms with E-state index in [0.29, 0.717) is 21.3 Å². The molecule has 1 aromatic carbocycles. The van der Waals surface area contributed by atoms with E-state index in [2.05, 4.69) is 25.8 Å². The lowest BCUT2D eigenvalue weighted by Crippen LogP contribution is -2.67. The average molecular weight is 563 g/mol. The highest BCUT2D eigenvalue weighted by molar-refractivity contribution is 9.10. The smallest absolute Gasteiger partial charge is 0.438 e. The number of methoxy groups -OCH3 is 1. The van der Waals surface area contributed by atoms with Gasteiger partial charge in [0.1, 0.15) is 30.7 Å². The van der Waals surface area contributed by atoms with Crippen LogP contribution in [0, 0.1) is 12.7 Å². The summed E-state index contributed by atoms with van der Waals surface area (Å²) in [5, 5.41) is 46.4. The molecular formula is C22H28BrFN2O9. The summed E-state index contributed by atoms with van der Waals surface area (Å²) in [5.74, 6) is -3.48. The molecule has 1 saturated heterocycles. The van der Waals surface area contributed by atoms with Gasteiger partial charge in [0.25, 0.3) is 0 Å². The number of aliphatic hydroxyl groups excluding tert-OH is 3. The quantitative estimate of drug-likeness (QED) is 0.289. The van der Waals surface area contributed by atoms with Gasteiger partial charge in [-0.2, -0.15) is 0 Å². The molecule has 1 aromatic heterocycles. The molecule has 0 unspecified atom stereocenters. The third-order valence-corrected chi connectivity index (χ3v) is 6.26. The van der Waals surface area contributed by atoms with Crippen molar-refractivity contribution < 1.29 is 48.6 Å². The third kappa shape index (κ3) is 5.76. The average Bonchev–Trinajstić information content (AvgIpc) is 3.11. The summed E-state index contributed by atoms with van der Waals surface area (Å²) < 4.78 is 36.1. The fourth-order valence-corrected chi connectivity index (χ4v) is 3.96. The molecule has 1 fully saturated rings. The van der Waals surface area contributed by atoms with Gasteiger partial charge >= 0.3 is 12.1 Å². The Morgan fingerprint density at radius 2 is 2.00 bits per heavy atom. The maximum Gasteiger partial charge on any atom is 0.508 e. The van der Waals surface area contributed by atoms with Crippen LogP contribution in [-0.2, 0) is 20.6 Å². The van der Waals surface area contributed by atoms with Crippen LogP contribution in [0.15, 0.2) is 22.7 Å². The van der Waals surface area contributed by atoms with Gasteiger partial charge in [0, 0.05) is 23.7 Å². The number of rotatable bonds is 7. The van der Waals surface area contributed by atoms with E-state index in [0.717, 1.165) is 7.11 Å². The lowest BCUT2D eigenvalue weighted by molar-refractivity contribution is -0.423. The van der Waals surface area contributed by atoms with Crippen LogP contribution in [0.3, 0.4) is 0 Å². The molecule has 1 aliphatic rings. The molecule has 4 N–H and O–H groups in total. The summed E-state index contributed by atoms with van der Waals surface area (Å²) in [4.78, 5) is 11.3. The zero-order valence-electron chi connectivity index (χ0n) is 19.5. The second-order valence-electron chi connectivity index (χ2n) is 8.41. The first-order valence-electron chi connectivity index (χ1n) is 10.7. The molecule has 1 aliphatic heterocycles. The van der Waals surface area contributed by atoms with Gasteiger partial charge in [-0.3, -0.25) is 4.68 Å². The van der Waals surface area contributed by atoms with E-state index in [1.165, 1.54) is 6.07 Å². The molecule has 0 bridgehead atoms. The number of benzene rings is 1. The van der Waals surface area contributed by atoms with Crippen molar-refractivity contribution in [2.75, 3.05) is 13.7 Å². The number of hydrogen-bond donors (Lipinski definition) is 4. The highest BCUT2D eigenvalue weighted by Crippen LogP contribution is 2.35. The first kappa shape index (κ1) is 27.3. The van der Waals surface area contributed by atoms with Crippen molar-refractivity contribution in [2.24, 2.45) is 0 Å². The van der Waals surface area contributed by atoms with Crippen molar-refractivity contribution >= 4 is 22.1 Å². The van der Waals surface area contributed by atoms with Crippen LogP contribution < -0.4 is 4.74 Å². The molecule has 0 radical (unpaired) electrons. The van der Waals surface area contributed by atoms with Crippen molar-refractivity contribution in [1.82, 2.24) is 9.78 Å². The summed E-state index contributed by atoms with van der Waals surface area (Å²) in [6.07, 6.45) is -8.16. The number of aromatic nitrogens is 2. The van der Waals surface area contributed by atoms with E-state index in [-0.39, 0.29) is 18.3 Å². The van der Waals surface area contributed by atoms with E-state index in [1.807, 2.05) is 13.8 Å². The van der Waals surface area contributed by atoms with Crippen LogP contribution in [0.25, 0.3) is 0 Å². The van der Waals surface area contributed by atoms with Crippen molar-refractivity contribution in [1.29, 1.82) is 0 Å². The Hall–Kier alpha value is -2.29. The molecule has 35 heavy (non-hydrogen) atoms. The summed E-state index contributed by atoms with van der Waals surface area (Å²) in [7, 11) is 1.07. The van der Waals surface area contributed by atoms with Gasteiger partial charge in [-0.15, -0.1) is 5.10 Å². The molecule has 194 valence electrons. The van der Waals surface area contributed by atoms with Crippen molar-refractivity contribution in [3.63, 3.8) is 0 Å². The summed E-state index contributed by atoms with van der Waals surface area (Å²) in [5.41, 5.74) is 1.70. The van der Waals surface area contributed by atoms with Crippen molar-refractivity contribution in [3.8, 4) is 5.88 Å². The predicted octanol–water partition coefficient (Wildman–Crippen LogP) is 1.55. The minimum Gasteiger partial charge on any atom is -0.438 e. The maximum absolute atomic E-state index is 14.1. The SMILES string of the molecule is COC(=O)OC[C@H]1O[C@](O)(Oc2nn(C(C)C)c(C)c2Cc2ccc(Br)c(F)c2)[C@H](O)[C@@H](O)[C@@H]1O. The van der Waals surface area contributed by atoms with Crippen LogP contribution in [0.4, 0.5) is 9.18 Å². The van der Waals surface area contributed by atoms with Crippen LogP contribution >= 0.6 is 15.9 Å². The lowest BCUT2D eigenvalue weighted by Gasteiger charge is -2.44. The van der Waals surface area contributed by atoms with Gasteiger partial charge < -0.3 is 39.4 Å². The summed E-state index contributed by atoms with van der Waals surface area (Å²) >= 11 is 3.11. The monoisotopic (exact) mass is 562 g/mol. The molecule has 0 spiro atoms. The second kappa shape index (κ2) is 10.8. The van der Waals surface area contributed by atoms with Crippen LogP contribution in [0.2, 0.25) is 0 Å². The zero-order valence-corrected chi connectivity index (χ0v) is 21.1. The Balaban J connectivity index is 1.94. The molecule has 2 aromatic rings. The van der Waals surface area contributed by atoms with Gasteiger partial charge in [-0.1, -0.05) is 6.07 Å². The molecule has 11 nitrogen and oxygen atoms in total. The highest BCUT2D eigenvalue weighted by atomic mass is 79.9. The van der Waals surface area contributed by atoms with E-state index < -0.39 is 49.0 Å². The Morgan fingerprint density at radius 3 is 2.60 bits per heavy atom. The third-order valence-electron chi connectivity index (χ3n) is 5.61. The molecule has 13 heteroatoms. The lowest BCUT2D eigenvalue weighted by atomic mass is 9.97. The maximum atomic E-state index is 14.1. The van der Waals surface area contributed by atoms with Crippen molar-refractivity contribution in [3.05, 3.63) is 45.3 Å². The largest absolute Gasteiger partial charge is 0.508 e. The standard InChI is InChI=1S/C22H28BrFN2O9/c1-10(2)26-11(3)13(7-12-5-6-14(23)15(24)8-12)20(25-26)35-22(31)19(29)18(28)17(27)16(34-22)9-33-21(30)32-4/h5-6,8,10,16-19,27-29,31H,7,9H2,1-4H3/t16-,17-,18+,19-,22+/m1/s1. The Kier molecular flexibility index (Phi) is 8.40. The Labute approximate surface area is 209 Å². The Bertz CT molecular complexity index is 1070. The van der Waals surface area contributed by atoms with E-state index >= 15 is 0 Å². The van der Waals surface area contributed by atoms with E-state index in [4.69, 9.17) is 14.2 Å². The molecule has 0 amide bonds. The Morgan fingerprint density at radius 1 is 1.31 bits per heavy atom. The second-order valence-corrected chi connectivity index (χ2v) is 9.27. The minimum absolute atomic E-state index is 0.117. The summed E-state index contributed by atoms with van der Waals surface area (Å²) in [6.45, 7) is 4.88.